The van der Waals surface area contributed by atoms with Gasteiger partial charge in [0.1, 0.15) is 0 Å². The maximum Gasteiger partial charge on any atom is 0.228 e. The first kappa shape index (κ1) is 13.6. The highest BCUT2D eigenvalue weighted by Crippen LogP contribution is 2.32. The molecule has 108 valence electrons. The van der Waals surface area contributed by atoms with Crippen LogP contribution in [0.4, 0.5) is 5.69 Å². The Morgan fingerprint density at radius 2 is 2.05 bits per heavy atom. The number of para-hydroxylation sites is 1. The number of hydrogen-bond acceptors (Lipinski definition) is 3. The Morgan fingerprint density at radius 3 is 2.85 bits per heavy atom. The van der Waals surface area contributed by atoms with Crippen molar-refractivity contribution >= 4 is 11.6 Å². The van der Waals surface area contributed by atoms with E-state index in [9.17, 15) is 4.79 Å². The molecule has 1 amide bonds. The van der Waals surface area contributed by atoms with Crippen LogP contribution in [-0.2, 0) is 16.0 Å². The molecule has 0 saturated carbocycles. The number of amides is 1. The van der Waals surface area contributed by atoms with Gasteiger partial charge >= 0.3 is 0 Å². The Morgan fingerprint density at radius 1 is 1.30 bits per heavy atom. The molecule has 0 N–H and O–H groups in total. The van der Waals surface area contributed by atoms with Crippen LogP contribution in [0, 0.1) is 0 Å². The highest BCUT2D eigenvalue weighted by atomic mass is 16.5. The van der Waals surface area contributed by atoms with E-state index in [1.165, 1.54) is 5.56 Å². The second-order valence-electron chi connectivity index (χ2n) is 5.65. The smallest absolute Gasteiger partial charge is 0.228 e. The van der Waals surface area contributed by atoms with E-state index in [1.54, 1.807) is 0 Å². The van der Waals surface area contributed by atoms with Gasteiger partial charge in [0.05, 0.1) is 13.2 Å². The molecule has 1 aromatic carbocycles. The number of carbonyl (C=O) groups is 1. The van der Waals surface area contributed by atoms with Crippen molar-refractivity contribution in [1.29, 1.82) is 0 Å². The summed E-state index contributed by atoms with van der Waals surface area (Å²) < 4.78 is 5.33. The first-order valence-electron chi connectivity index (χ1n) is 7.46. The number of ether oxygens (including phenoxy) is 1. The number of fused-ring (bicyclic) bond motifs is 1. The van der Waals surface area contributed by atoms with E-state index in [1.807, 2.05) is 17.0 Å². The van der Waals surface area contributed by atoms with Gasteiger partial charge in [-0.25, -0.2) is 0 Å². The van der Waals surface area contributed by atoms with Crippen LogP contribution in [0.25, 0.3) is 0 Å². The summed E-state index contributed by atoms with van der Waals surface area (Å²) in [5.74, 6) is 0.244. The Kier molecular flexibility index (Phi) is 4.03. The van der Waals surface area contributed by atoms with Gasteiger partial charge in [0.25, 0.3) is 0 Å². The number of carbonyl (C=O) groups excluding carboxylic acids is 1. The van der Waals surface area contributed by atoms with Gasteiger partial charge < -0.3 is 9.64 Å². The highest BCUT2D eigenvalue weighted by Gasteiger charge is 2.30. The topological polar surface area (TPSA) is 32.8 Å². The summed E-state index contributed by atoms with van der Waals surface area (Å²) in [6, 6.07) is 8.53. The molecular weight excluding hydrogens is 252 g/mol. The molecule has 1 atom stereocenters. The van der Waals surface area contributed by atoms with Crippen LogP contribution in [0.3, 0.4) is 0 Å². The van der Waals surface area contributed by atoms with Gasteiger partial charge in [0.15, 0.2) is 0 Å². The Hall–Kier alpha value is -1.39. The van der Waals surface area contributed by atoms with Crippen molar-refractivity contribution in [2.24, 2.45) is 0 Å². The average molecular weight is 274 g/mol. The van der Waals surface area contributed by atoms with Crippen LogP contribution in [0.2, 0.25) is 0 Å². The van der Waals surface area contributed by atoms with E-state index in [0.717, 1.165) is 45.0 Å². The lowest BCUT2D eigenvalue weighted by atomic mass is 10.1. The molecular formula is C16H22N2O2. The van der Waals surface area contributed by atoms with E-state index in [4.69, 9.17) is 4.74 Å². The number of hydrogen-bond donors (Lipinski definition) is 0. The maximum absolute atomic E-state index is 12.5. The molecule has 0 spiro atoms. The van der Waals surface area contributed by atoms with Gasteiger partial charge in [-0.05, 0) is 25.0 Å². The number of benzene rings is 1. The molecule has 0 aliphatic carbocycles. The van der Waals surface area contributed by atoms with E-state index >= 15 is 0 Å². The van der Waals surface area contributed by atoms with Gasteiger partial charge in [-0.15, -0.1) is 0 Å². The van der Waals surface area contributed by atoms with Crippen LogP contribution < -0.4 is 4.90 Å². The average Bonchev–Trinajstić information content (AvgIpc) is 2.82. The third kappa shape index (κ3) is 2.72. The third-order valence-corrected chi connectivity index (χ3v) is 4.22. The fourth-order valence-corrected chi connectivity index (χ4v) is 3.14. The maximum atomic E-state index is 12.5. The van der Waals surface area contributed by atoms with Gasteiger partial charge in [0, 0.05) is 37.8 Å². The lowest BCUT2D eigenvalue weighted by Gasteiger charge is -2.28. The second-order valence-corrected chi connectivity index (χ2v) is 5.65. The molecule has 1 saturated heterocycles. The third-order valence-electron chi connectivity index (χ3n) is 4.22. The summed E-state index contributed by atoms with van der Waals surface area (Å²) in [7, 11) is 0. The molecule has 3 rings (SSSR count). The van der Waals surface area contributed by atoms with Crippen molar-refractivity contribution < 1.29 is 9.53 Å². The number of rotatable bonds is 3. The zero-order valence-electron chi connectivity index (χ0n) is 12.0. The minimum Gasteiger partial charge on any atom is -0.379 e. The predicted octanol–water partition coefficient (Wildman–Crippen LogP) is 1.69. The molecule has 1 aromatic rings. The summed E-state index contributed by atoms with van der Waals surface area (Å²) >= 11 is 0. The summed E-state index contributed by atoms with van der Waals surface area (Å²) in [6.07, 6.45) is 1.57. The molecule has 0 aromatic heterocycles. The molecule has 2 aliphatic heterocycles. The largest absolute Gasteiger partial charge is 0.379 e. The van der Waals surface area contributed by atoms with Crippen molar-refractivity contribution in [2.75, 3.05) is 37.7 Å². The lowest BCUT2D eigenvalue weighted by molar-refractivity contribution is -0.119. The van der Waals surface area contributed by atoms with Crippen molar-refractivity contribution in [1.82, 2.24) is 4.90 Å². The van der Waals surface area contributed by atoms with E-state index in [0.29, 0.717) is 6.42 Å². The summed E-state index contributed by atoms with van der Waals surface area (Å²) in [5, 5.41) is 0. The van der Waals surface area contributed by atoms with Crippen LogP contribution in [0.15, 0.2) is 24.3 Å². The van der Waals surface area contributed by atoms with Crippen LogP contribution >= 0.6 is 0 Å². The van der Waals surface area contributed by atoms with Gasteiger partial charge in [-0.1, -0.05) is 18.2 Å². The SMILES string of the molecule is CC1Cc2ccccc2N1C(=O)CCN1CCOCC1. The second kappa shape index (κ2) is 5.94. The van der Waals surface area contributed by atoms with E-state index < -0.39 is 0 Å². The Labute approximate surface area is 120 Å². The van der Waals surface area contributed by atoms with E-state index in [2.05, 4.69) is 24.0 Å². The van der Waals surface area contributed by atoms with Crippen molar-refractivity contribution in [2.45, 2.75) is 25.8 Å². The quantitative estimate of drug-likeness (QED) is 0.841. The molecule has 2 aliphatic rings. The molecule has 0 bridgehead atoms. The zero-order valence-corrected chi connectivity index (χ0v) is 12.0. The van der Waals surface area contributed by atoms with Gasteiger partial charge in [-0.3, -0.25) is 9.69 Å². The minimum atomic E-state index is 0.244. The summed E-state index contributed by atoms with van der Waals surface area (Å²) in [4.78, 5) is 16.8. The van der Waals surface area contributed by atoms with Crippen molar-refractivity contribution in [3.05, 3.63) is 29.8 Å². The molecule has 4 heteroatoms. The zero-order chi connectivity index (χ0) is 13.9. The Balaban J connectivity index is 1.62. The standard InChI is InChI=1S/C16H22N2O2/c1-13-12-14-4-2-3-5-15(14)18(13)16(19)6-7-17-8-10-20-11-9-17/h2-5,13H,6-12H2,1H3. The van der Waals surface area contributed by atoms with E-state index in [-0.39, 0.29) is 11.9 Å². The van der Waals surface area contributed by atoms with Crippen molar-refractivity contribution in [3.63, 3.8) is 0 Å². The van der Waals surface area contributed by atoms with Crippen LogP contribution in [0.5, 0.6) is 0 Å². The monoisotopic (exact) mass is 274 g/mol. The number of morpholine rings is 1. The molecule has 1 unspecified atom stereocenters. The normalized spacial score (nSPS) is 22.9. The lowest BCUT2D eigenvalue weighted by Crippen LogP contribution is -2.41. The summed E-state index contributed by atoms with van der Waals surface area (Å²) in [5.41, 5.74) is 2.40. The fourth-order valence-electron chi connectivity index (χ4n) is 3.14. The number of anilines is 1. The van der Waals surface area contributed by atoms with Crippen LogP contribution in [0.1, 0.15) is 18.9 Å². The first-order chi connectivity index (χ1) is 9.75. The van der Waals surface area contributed by atoms with Gasteiger partial charge in [-0.2, -0.15) is 0 Å². The number of nitrogens with zero attached hydrogens (tertiary/aromatic N) is 2. The molecule has 2 heterocycles. The molecule has 4 nitrogen and oxygen atoms in total. The molecule has 20 heavy (non-hydrogen) atoms. The van der Waals surface area contributed by atoms with Gasteiger partial charge in [0.2, 0.25) is 5.91 Å². The highest BCUT2D eigenvalue weighted by molar-refractivity contribution is 5.96. The molecule has 1 fully saturated rings. The fraction of sp³-hybridized carbons (Fsp3) is 0.562. The Bertz CT molecular complexity index is 483. The molecule has 0 radical (unpaired) electrons. The minimum absolute atomic E-state index is 0.244. The summed E-state index contributed by atoms with van der Waals surface area (Å²) in [6.45, 7) is 6.44. The predicted molar refractivity (Wildman–Crippen MR) is 79.0 cm³/mol. The van der Waals surface area contributed by atoms with Crippen molar-refractivity contribution in [3.8, 4) is 0 Å². The van der Waals surface area contributed by atoms with Crippen LogP contribution in [-0.4, -0.2) is 49.7 Å². The first-order valence-corrected chi connectivity index (χ1v) is 7.46.